The van der Waals surface area contributed by atoms with Crippen LogP contribution in [0.1, 0.15) is 233 Å². The number of piperidine rings is 2. The smallest absolute Gasteiger partial charge is 0.262 e. The first-order valence-corrected chi connectivity index (χ1v) is 52.3. The monoisotopic (exact) mass is 2020 g/mol. The molecule has 11 aromatic rings. The number of carbonyl (C=O) groups is 5. The molecule has 6 fully saturated rings. The number of rotatable bonds is 20. The molecule has 4 saturated carbocycles. The summed E-state index contributed by atoms with van der Waals surface area (Å²) in [5.74, 6) is 0.0500. The second kappa shape index (κ2) is 41.5. The van der Waals surface area contributed by atoms with Crippen LogP contribution in [0.3, 0.4) is 0 Å². The largest absolute Gasteiger partial charge is 0.394 e. The molecule has 11 aliphatic rings. The average molecular weight is 2020 g/mol. The standard InChI is InChI=1S/2C26H32N4O.C24H22F2N4OS.C22H24ClN3O2.C14H14ClN5OS/c2*1-26(21-7-6-8-22(17-21)30-15-4-3-5-16-30)23(24(31)29(2)25(27)28-26)20-13-11-19(12-14-20)18-9-10-18;1-24(19-9-16(12-32-19)21-18(26)10-17(25)11-28-21)20(22(31)30(2)23(27)29-24)15-7-5-14(6-8-15)13-3-4-13;1-2-19(13-27)26-20(28)22(16-9-10-16,25-21(26)24)17-7-3-5-14(11-17)15-6-4-8-18(23)12-15;1-14(6-12(21)20(2)13(16)17-14)10-5-8(7-22-10)9-3-4-11(15)19-18-9/h2*6-8,11-14,17-18,23H,3-5,9-10,15-16H2,1-2H3,(H2,27,28);5-13,20H,3-4H2,1-2H3,(H2,27,29);3-8,11-12,16,19,27H,2,9-10,13H2,1H3,(H2,24,25);3-5,7H,6H2,1-2H3,(H2,16,17)/t23-,26+;23-,26-;20?,24-;;14-/m011.0/s1. The number of pyridine rings is 1. The molecule has 3 unspecified atom stereocenters. The minimum Gasteiger partial charge on any atom is -0.394 e. The molecule has 26 nitrogen and oxygen atoms in total. The molecule has 11 N–H and O–H groups in total. The van der Waals surface area contributed by atoms with Crippen LogP contribution in [0.15, 0.2) is 242 Å². The van der Waals surface area contributed by atoms with Gasteiger partial charge in [0.1, 0.15) is 33.7 Å². The first-order chi connectivity index (χ1) is 69.1. The number of anilines is 2. The van der Waals surface area contributed by atoms with E-state index in [1.807, 2.05) is 92.9 Å². The van der Waals surface area contributed by atoms with Gasteiger partial charge in [0, 0.05) is 108 Å². The zero-order chi connectivity index (χ0) is 102. The maximum atomic E-state index is 14.3. The number of aliphatic hydroxyl groups is 1. The van der Waals surface area contributed by atoms with Crippen molar-refractivity contribution >= 4 is 117 Å². The fraction of sp³-hybridized carbons (Fsp3) is 0.384. The third-order valence-corrected chi connectivity index (χ3v) is 33.1. The molecule has 4 aliphatic carbocycles. The van der Waals surface area contributed by atoms with Crippen LogP contribution in [-0.4, -0.2) is 171 Å². The number of carbonyl (C=O) groups excluding carboxylic acids is 5. The van der Waals surface area contributed by atoms with Crippen molar-refractivity contribution in [2.24, 2.45) is 59.5 Å². The van der Waals surface area contributed by atoms with Gasteiger partial charge in [-0.2, -0.15) is 0 Å². The van der Waals surface area contributed by atoms with Crippen LogP contribution in [0.25, 0.3) is 33.6 Å². The Kier molecular flexibility index (Phi) is 29.1. The molecule has 9 atom stereocenters. The van der Waals surface area contributed by atoms with Gasteiger partial charge in [0.05, 0.1) is 48.7 Å². The van der Waals surface area contributed by atoms with Crippen LogP contribution >= 0.6 is 45.9 Å². The number of halogens is 4. The molecule has 32 heteroatoms. The molecule has 0 spiro atoms. The van der Waals surface area contributed by atoms with E-state index in [1.165, 1.54) is 152 Å². The van der Waals surface area contributed by atoms with E-state index in [0.29, 0.717) is 39.9 Å². The number of amides is 5. The van der Waals surface area contributed by atoms with Gasteiger partial charge in [-0.1, -0.05) is 158 Å². The average Bonchev–Trinajstić information content (AvgIpc) is 1.55. The summed E-state index contributed by atoms with van der Waals surface area (Å²) in [6.45, 7) is 14.0. The molecule has 11 heterocycles. The van der Waals surface area contributed by atoms with Crippen LogP contribution in [0, 0.1) is 17.6 Å². The van der Waals surface area contributed by atoms with Gasteiger partial charge in [-0.15, -0.1) is 32.9 Å². The van der Waals surface area contributed by atoms with E-state index < -0.39 is 57.1 Å². The maximum absolute atomic E-state index is 14.3. The molecule has 2 saturated heterocycles. The first kappa shape index (κ1) is 101. The summed E-state index contributed by atoms with van der Waals surface area (Å²) in [4.78, 5) is 107. The van der Waals surface area contributed by atoms with E-state index in [1.54, 1.807) is 51.8 Å². The lowest BCUT2D eigenvalue weighted by Crippen LogP contribution is -2.52. The summed E-state index contributed by atoms with van der Waals surface area (Å²) < 4.78 is 27.6. The molecule has 748 valence electrons. The number of aliphatic hydroxyl groups excluding tert-OH is 1. The molecule has 0 bridgehead atoms. The number of guanidine groups is 5. The molecule has 7 aliphatic heterocycles. The minimum absolute atomic E-state index is 0.00227. The van der Waals surface area contributed by atoms with Crippen LogP contribution in [0.4, 0.5) is 20.2 Å². The highest BCUT2D eigenvalue weighted by Crippen LogP contribution is 2.55. The second-order valence-corrected chi connectivity index (χ2v) is 43.0. The van der Waals surface area contributed by atoms with E-state index in [4.69, 9.17) is 71.8 Å². The predicted molar refractivity (Wildman–Crippen MR) is 569 cm³/mol. The topological polar surface area (TPSA) is 359 Å². The Hall–Kier alpha value is -13.1. The lowest BCUT2D eigenvalue weighted by molar-refractivity contribution is -0.135. The van der Waals surface area contributed by atoms with Crippen molar-refractivity contribution in [3.05, 3.63) is 299 Å². The molecule has 7 aromatic carbocycles. The van der Waals surface area contributed by atoms with Gasteiger partial charge >= 0.3 is 0 Å². The van der Waals surface area contributed by atoms with Gasteiger partial charge in [0.25, 0.3) is 5.91 Å². The molecule has 0 radical (unpaired) electrons. The molecule has 5 amide bonds. The number of nitrogens with zero attached hydrogens (tertiary/aromatic N) is 15. The highest BCUT2D eigenvalue weighted by Gasteiger charge is 2.60. The fourth-order valence-electron chi connectivity index (χ4n) is 21.0. The Bertz CT molecular complexity index is 6650. The van der Waals surface area contributed by atoms with Crippen molar-refractivity contribution in [1.82, 2.24) is 39.7 Å². The molecule has 22 rings (SSSR count). The second-order valence-electron chi connectivity index (χ2n) is 40.4. The van der Waals surface area contributed by atoms with Crippen LogP contribution in [-0.2, 0) is 51.7 Å². The van der Waals surface area contributed by atoms with Crippen LogP contribution in [0.5, 0.6) is 0 Å². The van der Waals surface area contributed by atoms with E-state index in [-0.39, 0.29) is 90.0 Å². The quantitative estimate of drug-likeness (QED) is 0.0413. The Morgan fingerprint density at radius 1 is 0.444 bits per heavy atom. The highest BCUT2D eigenvalue weighted by molar-refractivity contribution is 7.11. The summed E-state index contributed by atoms with van der Waals surface area (Å²) in [6.07, 6.45) is 18.8. The molecular formula is C112H124Cl2F2N20O6S2. The molecule has 144 heavy (non-hydrogen) atoms. The van der Waals surface area contributed by atoms with Crippen LogP contribution in [0.2, 0.25) is 10.2 Å². The summed E-state index contributed by atoms with van der Waals surface area (Å²) >= 11 is 14.8. The summed E-state index contributed by atoms with van der Waals surface area (Å²) in [5, 5.41) is 22.3. The van der Waals surface area contributed by atoms with Crippen LogP contribution < -0.4 is 38.5 Å². The Labute approximate surface area is 857 Å². The first-order valence-electron chi connectivity index (χ1n) is 49.8. The number of aliphatic imine (C=N–C) groups is 5. The number of benzene rings is 7. The zero-order valence-corrected chi connectivity index (χ0v) is 85.8. The van der Waals surface area contributed by atoms with E-state index in [2.05, 4.69) is 153 Å². The van der Waals surface area contributed by atoms with Crippen molar-refractivity contribution < 1.29 is 37.9 Å². The summed E-state index contributed by atoms with van der Waals surface area (Å²) in [7, 11) is 6.68. The van der Waals surface area contributed by atoms with Crippen molar-refractivity contribution in [3.8, 4) is 33.6 Å². The predicted octanol–water partition coefficient (Wildman–Crippen LogP) is 19.2. The normalized spacial score (nSPS) is 24.5. The highest BCUT2D eigenvalue weighted by atomic mass is 35.5. The fourth-order valence-corrected chi connectivity index (χ4v) is 23.4. The van der Waals surface area contributed by atoms with E-state index in [0.717, 1.165) is 117 Å². The molecular weight excluding hydrogens is 1890 g/mol. The Balaban J connectivity index is 0.000000119. The number of likely N-dealkylation sites (N-methyl/N-ethyl adjacent to an activating group) is 3. The van der Waals surface area contributed by atoms with Gasteiger partial charge in [-0.25, -0.2) is 33.7 Å². The van der Waals surface area contributed by atoms with Crippen molar-refractivity contribution in [3.63, 3.8) is 0 Å². The SMILES string of the molecule is CCC(CO)N1C(=O)C(c2cccc(-c3cccc(Cl)c3)c2)(C2CC2)N=C1N.CN1C(=O)C(c2ccc(C3CC3)cc2)[C@@](C)(c2cc(-c3ncc(F)cc3F)cs2)N=C1N.CN1C(=O)C[C@@](C)(c2cc(-c3ccc(Cl)nn3)cs2)N=C1N.CN1C(=O)[C@@H](c2ccc(C3CC3)cc2)[C@@](C)(c2cccc(N3CCCCC3)c2)N=C1N.CN1C(=O)[C@H](c2ccc(C3CC3)cc2)[C@@](C)(c2cccc(N3CCCCC3)c2)N=C1N. The van der Waals surface area contributed by atoms with Crippen molar-refractivity contribution in [1.29, 1.82) is 0 Å². The van der Waals surface area contributed by atoms with E-state index in [9.17, 15) is 37.9 Å². The van der Waals surface area contributed by atoms with Gasteiger partial charge in [0.2, 0.25) is 23.6 Å². The number of hydrogen-bond donors (Lipinski definition) is 6. The van der Waals surface area contributed by atoms with Gasteiger partial charge in [-0.3, -0.25) is 53.5 Å². The zero-order valence-electron chi connectivity index (χ0n) is 82.7. The maximum Gasteiger partial charge on any atom is 0.262 e. The Morgan fingerprint density at radius 2 is 0.882 bits per heavy atom. The van der Waals surface area contributed by atoms with Crippen molar-refractivity contribution in [2.75, 3.05) is 70.8 Å². The minimum atomic E-state index is -0.999. The van der Waals surface area contributed by atoms with Gasteiger partial charge in [0.15, 0.2) is 46.3 Å². The Morgan fingerprint density at radius 3 is 1.33 bits per heavy atom. The van der Waals surface area contributed by atoms with Gasteiger partial charge in [-0.05, 0) is 276 Å². The number of aromatic nitrogens is 3. The van der Waals surface area contributed by atoms with E-state index >= 15 is 0 Å². The lowest BCUT2D eigenvalue weighted by Gasteiger charge is -2.41. The lowest BCUT2D eigenvalue weighted by atomic mass is 9.74. The summed E-state index contributed by atoms with van der Waals surface area (Å²) in [6, 6.07) is 65.7. The summed E-state index contributed by atoms with van der Waals surface area (Å²) in [5.41, 5.74) is 42.9. The third-order valence-electron chi connectivity index (χ3n) is 30.3. The molecule has 4 aromatic heterocycles. The van der Waals surface area contributed by atoms with Gasteiger partial charge < -0.3 is 43.6 Å². The van der Waals surface area contributed by atoms with Crippen molar-refractivity contribution in [2.45, 2.75) is 207 Å². The number of thiophene rings is 2. The number of nitrogens with two attached hydrogens (primary N) is 5. The number of hydrogen-bond acceptors (Lipinski definition) is 23. The third kappa shape index (κ3) is 20.6.